The number of hydrogen-bond donors (Lipinski definition) is 2. The van der Waals surface area contributed by atoms with Gasteiger partial charge in [-0.1, -0.05) is 45.0 Å². The number of nitrogens with zero attached hydrogens (tertiary/aromatic N) is 2. The van der Waals surface area contributed by atoms with Crippen molar-refractivity contribution in [3.05, 3.63) is 53.7 Å². The van der Waals surface area contributed by atoms with Crippen LogP contribution in [-0.2, 0) is 5.41 Å². The first-order valence-electron chi connectivity index (χ1n) is 7.49. The van der Waals surface area contributed by atoms with E-state index in [2.05, 4.69) is 60.5 Å². The van der Waals surface area contributed by atoms with E-state index in [0.717, 1.165) is 17.1 Å². The Bertz CT molecular complexity index is 638. The number of hydrogen-bond acceptors (Lipinski definition) is 4. The molecular formula is C18H23N3O. The molecule has 0 atom stereocenters. The van der Waals surface area contributed by atoms with E-state index < -0.39 is 0 Å². The lowest BCUT2D eigenvalue weighted by Gasteiger charge is -2.19. The number of oxime groups is 1. The minimum Gasteiger partial charge on any atom is -0.411 e. The standard InChI is InChI=1S/C18H23N3O/c1-5-16(21-22)13-6-11-17(19-12-13)20-15-9-7-14(8-10-15)18(2,3)4/h6-12,22H,5H2,1-4H3,(H,19,20)/b21-16-. The summed E-state index contributed by atoms with van der Waals surface area (Å²) in [5.41, 5.74) is 3.92. The second-order valence-corrected chi connectivity index (χ2v) is 6.28. The van der Waals surface area contributed by atoms with Gasteiger partial charge in [0.2, 0.25) is 0 Å². The fraction of sp³-hybridized carbons (Fsp3) is 0.333. The molecule has 2 rings (SSSR count). The molecule has 0 unspecified atom stereocenters. The molecule has 0 amide bonds. The maximum Gasteiger partial charge on any atom is 0.130 e. The lowest BCUT2D eigenvalue weighted by molar-refractivity contribution is 0.318. The Morgan fingerprint density at radius 3 is 2.27 bits per heavy atom. The summed E-state index contributed by atoms with van der Waals surface area (Å²) in [5, 5.41) is 15.5. The van der Waals surface area contributed by atoms with Crippen molar-refractivity contribution in [3.8, 4) is 0 Å². The fourth-order valence-corrected chi connectivity index (χ4v) is 2.17. The van der Waals surface area contributed by atoms with E-state index in [1.807, 2.05) is 19.1 Å². The fourth-order valence-electron chi connectivity index (χ4n) is 2.17. The van der Waals surface area contributed by atoms with Crippen molar-refractivity contribution in [2.24, 2.45) is 5.16 Å². The lowest BCUT2D eigenvalue weighted by Crippen LogP contribution is -2.10. The Morgan fingerprint density at radius 2 is 1.82 bits per heavy atom. The third-order valence-electron chi connectivity index (χ3n) is 3.58. The number of nitrogens with one attached hydrogen (secondary N) is 1. The predicted molar refractivity (Wildman–Crippen MR) is 91.3 cm³/mol. The van der Waals surface area contributed by atoms with Crippen LogP contribution in [0, 0.1) is 0 Å². The van der Waals surface area contributed by atoms with Crippen molar-refractivity contribution in [1.29, 1.82) is 0 Å². The third kappa shape index (κ3) is 3.85. The number of aromatic nitrogens is 1. The molecule has 0 radical (unpaired) electrons. The van der Waals surface area contributed by atoms with Gasteiger partial charge in [-0.25, -0.2) is 4.98 Å². The number of pyridine rings is 1. The quantitative estimate of drug-likeness (QED) is 0.488. The van der Waals surface area contributed by atoms with Crippen LogP contribution in [-0.4, -0.2) is 15.9 Å². The average Bonchev–Trinajstić information content (AvgIpc) is 2.50. The van der Waals surface area contributed by atoms with Crippen molar-refractivity contribution >= 4 is 17.2 Å². The van der Waals surface area contributed by atoms with Crippen molar-refractivity contribution in [1.82, 2.24) is 4.98 Å². The zero-order valence-corrected chi connectivity index (χ0v) is 13.6. The van der Waals surface area contributed by atoms with Gasteiger partial charge in [-0.15, -0.1) is 0 Å². The van der Waals surface area contributed by atoms with Crippen molar-refractivity contribution < 1.29 is 5.21 Å². The van der Waals surface area contributed by atoms with Crippen LogP contribution < -0.4 is 5.32 Å². The monoisotopic (exact) mass is 297 g/mol. The van der Waals surface area contributed by atoms with Crippen LogP contribution >= 0.6 is 0 Å². The van der Waals surface area contributed by atoms with Crippen LogP contribution in [0.4, 0.5) is 11.5 Å². The molecule has 0 aliphatic carbocycles. The van der Waals surface area contributed by atoms with Crippen LogP contribution in [0.25, 0.3) is 0 Å². The molecule has 22 heavy (non-hydrogen) atoms. The van der Waals surface area contributed by atoms with Crippen LogP contribution in [0.5, 0.6) is 0 Å². The predicted octanol–water partition coefficient (Wildman–Crippen LogP) is 4.71. The lowest BCUT2D eigenvalue weighted by atomic mass is 9.87. The molecule has 0 aliphatic heterocycles. The maximum absolute atomic E-state index is 8.92. The molecule has 1 heterocycles. The van der Waals surface area contributed by atoms with E-state index in [1.54, 1.807) is 6.20 Å². The van der Waals surface area contributed by atoms with Gasteiger partial charge in [0.05, 0.1) is 5.71 Å². The second-order valence-electron chi connectivity index (χ2n) is 6.28. The highest BCUT2D eigenvalue weighted by atomic mass is 16.4. The molecule has 116 valence electrons. The van der Waals surface area contributed by atoms with Crippen LogP contribution in [0.2, 0.25) is 0 Å². The van der Waals surface area contributed by atoms with Gasteiger partial charge in [0.25, 0.3) is 0 Å². The van der Waals surface area contributed by atoms with E-state index in [0.29, 0.717) is 12.1 Å². The molecule has 1 aromatic carbocycles. The van der Waals surface area contributed by atoms with E-state index in [1.165, 1.54) is 5.56 Å². The molecule has 1 aromatic heterocycles. The Labute approximate surface area is 131 Å². The van der Waals surface area contributed by atoms with Crippen molar-refractivity contribution in [2.45, 2.75) is 39.5 Å². The molecule has 0 fully saturated rings. The van der Waals surface area contributed by atoms with Gasteiger partial charge in [0.1, 0.15) is 5.82 Å². The molecule has 0 bridgehead atoms. The highest BCUT2D eigenvalue weighted by Crippen LogP contribution is 2.24. The summed E-state index contributed by atoms with van der Waals surface area (Å²) in [4.78, 5) is 4.36. The summed E-state index contributed by atoms with van der Waals surface area (Å²) in [6, 6.07) is 12.2. The molecule has 2 aromatic rings. The summed E-state index contributed by atoms with van der Waals surface area (Å²) >= 11 is 0. The molecule has 2 N–H and O–H groups in total. The SMILES string of the molecule is CC/C(=N/O)c1ccc(Nc2ccc(C(C)(C)C)cc2)nc1. The van der Waals surface area contributed by atoms with Gasteiger partial charge >= 0.3 is 0 Å². The molecule has 4 nitrogen and oxygen atoms in total. The Morgan fingerprint density at radius 1 is 1.14 bits per heavy atom. The van der Waals surface area contributed by atoms with E-state index in [-0.39, 0.29) is 5.41 Å². The normalized spacial score (nSPS) is 12.3. The molecule has 0 aliphatic rings. The van der Waals surface area contributed by atoms with Gasteiger partial charge in [-0.3, -0.25) is 0 Å². The number of anilines is 2. The Kier molecular flexibility index (Phi) is 4.81. The topological polar surface area (TPSA) is 57.5 Å². The smallest absolute Gasteiger partial charge is 0.130 e. The maximum atomic E-state index is 8.92. The minimum absolute atomic E-state index is 0.151. The zero-order valence-electron chi connectivity index (χ0n) is 13.6. The van der Waals surface area contributed by atoms with Crippen molar-refractivity contribution in [2.75, 3.05) is 5.32 Å². The highest BCUT2D eigenvalue weighted by Gasteiger charge is 2.12. The minimum atomic E-state index is 0.151. The first-order chi connectivity index (χ1) is 10.4. The van der Waals surface area contributed by atoms with Crippen LogP contribution in [0.15, 0.2) is 47.8 Å². The molecule has 0 spiro atoms. The van der Waals surface area contributed by atoms with Crippen LogP contribution in [0.1, 0.15) is 45.2 Å². The van der Waals surface area contributed by atoms with E-state index in [4.69, 9.17) is 5.21 Å². The highest BCUT2D eigenvalue weighted by molar-refractivity contribution is 5.99. The van der Waals surface area contributed by atoms with Gasteiger partial charge in [0, 0.05) is 17.4 Å². The first kappa shape index (κ1) is 16.0. The first-order valence-corrected chi connectivity index (χ1v) is 7.49. The average molecular weight is 297 g/mol. The van der Waals surface area contributed by atoms with Gasteiger partial charge in [-0.05, 0) is 41.7 Å². The summed E-state index contributed by atoms with van der Waals surface area (Å²) in [5.74, 6) is 0.764. The molecular weight excluding hydrogens is 274 g/mol. The van der Waals surface area contributed by atoms with Gasteiger partial charge in [0.15, 0.2) is 0 Å². The van der Waals surface area contributed by atoms with Crippen molar-refractivity contribution in [3.63, 3.8) is 0 Å². The van der Waals surface area contributed by atoms with Gasteiger partial charge in [-0.2, -0.15) is 0 Å². The summed E-state index contributed by atoms with van der Waals surface area (Å²) in [6.07, 6.45) is 2.38. The summed E-state index contributed by atoms with van der Waals surface area (Å²) in [7, 11) is 0. The molecule has 4 heteroatoms. The van der Waals surface area contributed by atoms with Gasteiger partial charge < -0.3 is 10.5 Å². The molecule has 0 saturated heterocycles. The Balaban J connectivity index is 2.11. The van der Waals surface area contributed by atoms with Crippen LogP contribution in [0.3, 0.4) is 0 Å². The van der Waals surface area contributed by atoms with E-state index in [9.17, 15) is 0 Å². The number of benzene rings is 1. The Hall–Kier alpha value is -2.36. The summed E-state index contributed by atoms with van der Waals surface area (Å²) < 4.78 is 0. The molecule has 0 saturated carbocycles. The zero-order chi connectivity index (χ0) is 16.2. The largest absolute Gasteiger partial charge is 0.411 e. The van der Waals surface area contributed by atoms with E-state index >= 15 is 0 Å². The third-order valence-corrected chi connectivity index (χ3v) is 3.58. The summed E-state index contributed by atoms with van der Waals surface area (Å²) in [6.45, 7) is 8.54. The number of rotatable bonds is 4. The second kappa shape index (κ2) is 6.60.